The van der Waals surface area contributed by atoms with Gasteiger partial charge in [0.2, 0.25) is 0 Å². The summed E-state index contributed by atoms with van der Waals surface area (Å²) in [5, 5.41) is 10.7. The van der Waals surface area contributed by atoms with Crippen LogP contribution in [0.2, 0.25) is 0 Å². The van der Waals surface area contributed by atoms with Crippen molar-refractivity contribution >= 4 is 15.9 Å². The van der Waals surface area contributed by atoms with Crippen molar-refractivity contribution < 1.29 is 9.50 Å². The average Bonchev–Trinajstić information content (AvgIpc) is 2.29. The largest absolute Gasteiger partial charge is 0.389 e. The van der Waals surface area contributed by atoms with E-state index in [1.165, 1.54) is 12.1 Å². The molecule has 2 unspecified atom stereocenters. The van der Waals surface area contributed by atoms with E-state index in [9.17, 15) is 9.50 Å². The zero-order valence-corrected chi connectivity index (χ0v) is 12.4. The highest BCUT2D eigenvalue weighted by Crippen LogP contribution is 2.31. The van der Waals surface area contributed by atoms with Crippen LogP contribution in [0.1, 0.15) is 25.3 Å². The first-order chi connectivity index (χ1) is 8.39. The molecule has 1 aliphatic heterocycles. The Balaban J connectivity index is 2.15. The second-order valence-corrected chi connectivity index (χ2v) is 6.27. The summed E-state index contributed by atoms with van der Waals surface area (Å²) in [6.45, 7) is 3.00. The summed E-state index contributed by atoms with van der Waals surface area (Å²) in [4.78, 5) is 2.25. The minimum atomic E-state index is -0.720. The third-order valence-corrected chi connectivity index (χ3v) is 4.66. The molecule has 2 nitrogen and oxygen atoms in total. The molecule has 1 saturated heterocycles. The van der Waals surface area contributed by atoms with Crippen molar-refractivity contribution in [3.8, 4) is 0 Å². The fraction of sp³-hybridized carbons (Fsp3) is 0.571. The highest BCUT2D eigenvalue weighted by Gasteiger charge is 2.35. The summed E-state index contributed by atoms with van der Waals surface area (Å²) >= 11 is 3.42. The highest BCUT2D eigenvalue weighted by atomic mass is 79.9. The van der Waals surface area contributed by atoms with Crippen LogP contribution in [0.25, 0.3) is 0 Å². The average molecular weight is 316 g/mol. The molecular formula is C14H19BrFNO. The summed E-state index contributed by atoms with van der Waals surface area (Å²) < 4.78 is 14.1. The lowest BCUT2D eigenvalue weighted by molar-refractivity contribution is -0.0354. The van der Waals surface area contributed by atoms with Gasteiger partial charge in [-0.05, 0) is 50.6 Å². The Bertz CT molecular complexity index is 440. The number of likely N-dealkylation sites (tertiary alicyclic amines) is 1. The third kappa shape index (κ3) is 3.11. The van der Waals surface area contributed by atoms with Gasteiger partial charge in [0.15, 0.2) is 0 Å². The molecule has 0 aliphatic carbocycles. The molecule has 100 valence electrons. The fourth-order valence-corrected chi connectivity index (χ4v) is 2.99. The van der Waals surface area contributed by atoms with Gasteiger partial charge in [-0.2, -0.15) is 0 Å². The predicted octanol–water partition coefficient (Wildman–Crippen LogP) is 2.98. The van der Waals surface area contributed by atoms with Gasteiger partial charge in [0.1, 0.15) is 5.82 Å². The molecule has 0 radical (unpaired) electrons. The lowest BCUT2D eigenvalue weighted by atomic mass is 9.82. The Morgan fingerprint density at radius 1 is 1.56 bits per heavy atom. The topological polar surface area (TPSA) is 23.5 Å². The summed E-state index contributed by atoms with van der Waals surface area (Å²) in [5.74, 6) is -0.252. The summed E-state index contributed by atoms with van der Waals surface area (Å²) in [6, 6.07) is 4.99. The smallest absolute Gasteiger partial charge is 0.123 e. The van der Waals surface area contributed by atoms with E-state index < -0.39 is 5.60 Å². The van der Waals surface area contributed by atoms with E-state index >= 15 is 0 Å². The minimum absolute atomic E-state index is 0.252. The van der Waals surface area contributed by atoms with Crippen LogP contribution in [0.5, 0.6) is 0 Å². The van der Waals surface area contributed by atoms with Gasteiger partial charge in [0, 0.05) is 23.5 Å². The summed E-state index contributed by atoms with van der Waals surface area (Å²) in [6.07, 6.45) is 1.97. The molecule has 1 aliphatic rings. The van der Waals surface area contributed by atoms with Crippen LogP contribution < -0.4 is 0 Å². The molecule has 4 heteroatoms. The Hall–Kier alpha value is -0.450. The second kappa shape index (κ2) is 5.27. The lowest BCUT2D eigenvalue weighted by Crippen LogP contribution is -2.48. The van der Waals surface area contributed by atoms with Gasteiger partial charge in [-0.1, -0.05) is 15.9 Å². The van der Waals surface area contributed by atoms with Crippen LogP contribution in [0.4, 0.5) is 4.39 Å². The summed E-state index contributed by atoms with van der Waals surface area (Å²) in [5.41, 5.74) is 0.122. The molecule has 1 aromatic carbocycles. The Kier molecular flexibility index (Phi) is 4.09. The maximum Gasteiger partial charge on any atom is 0.123 e. The number of rotatable bonds is 2. The van der Waals surface area contributed by atoms with Gasteiger partial charge in [-0.3, -0.25) is 0 Å². The van der Waals surface area contributed by atoms with Crippen LogP contribution in [0, 0.1) is 5.82 Å². The van der Waals surface area contributed by atoms with E-state index in [0.29, 0.717) is 12.5 Å². The standard InChI is InChI=1S/C14H19BrFNO/c1-10-8-14(18,5-6-17(10)2)9-11-7-12(16)3-4-13(11)15/h3-4,7,10,18H,5-6,8-9H2,1-2H3. The monoisotopic (exact) mass is 315 g/mol. The molecule has 0 aromatic heterocycles. The van der Waals surface area contributed by atoms with E-state index in [2.05, 4.69) is 34.8 Å². The van der Waals surface area contributed by atoms with Gasteiger partial charge in [-0.15, -0.1) is 0 Å². The molecule has 0 bridgehead atoms. The van der Waals surface area contributed by atoms with Crippen LogP contribution in [0.15, 0.2) is 22.7 Å². The van der Waals surface area contributed by atoms with Crippen LogP contribution in [0.3, 0.4) is 0 Å². The minimum Gasteiger partial charge on any atom is -0.389 e. The van der Waals surface area contributed by atoms with E-state index in [-0.39, 0.29) is 5.82 Å². The number of piperidine rings is 1. The first kappa shape index (κ1) is 14.0. The molecule has 1 fully saturated rings. The van der Waals surface area contributed by atoms with Crippen LogP contribution in [-0.2, 0) is 6.42 Å². The summed E-state index contributed by atoms with van der Waals surface area (Å²) in [7, 11) is 2.07. The number of hydrogen-bond acceptors (Lipinski definition) is 2. The van der Waals surface area contributed by atoms with Crippen molar-refractivity contribution in [3.05, 3.63) is 34.1 Å². The lowest BCUT2D eigenvalue weighted by Gasteiger charge is -2.41. The normalized spacial score (nSPS) is 29.5. The molecule has 0 saturated carbocycles. The molecule has 2 atom stereocenters. The zero-order chi connectivity index (χ0) is 13.3. The third-order valence-electron chi connectivity index (χ3n) is 3.88. The zero-order valence-electron chi connectivity index (χ0n) is 10.8. The van der Waals surface area contributed by atoms with Crippen LogP contribution >= 0.6 is 15.9 Å². The van der Waals surface area contributed by atoms with E-state index in [0.717, 1.165) is 29.4 Å². The Labute approximate surface area is 116 Å². The number of halogens is 2. The van der Waals surface area contributed by atoms with Crippen molar-refractivity contribution in [2.45, 2.75) is 37.8 Å². The quantitative estimate of drug-likeness (QED) is 0.907. The van der Waals surface area contributed by atoms with Crippen molar-refractivity contribution in [1.82, 2.24) is 4.90 Å². The second-order valence-electron chi connectivity index (χ2n) is 5.42. The number of hydrogen-bond donors (Lipinski definition) is 1. The van der Waals surface area contributed by atoms with E-state index in [1.54, 1.807) is 6.07 Å². The van der Waals surface area contributed by atoms with Crippen molar-refractivity contribution in [2.75, 3.05) is 13.6 Å². The van der Waals surface area contributed by atoms with Crippen molar-refractivity contribution in [1.29, 1.82) is 0 Å². The maximum atomic E-state index is 13.3. The molecule has 18 heavy (non-hydrogen) atoms. The van der Waals surface area contributed by atoms with Gasteiger partial charge < -0.3 is 10.0 Å². The molecule has 1 N–H and O–H groups in total. The number of nitrogens with zero attached hydrogens (tertiary/aromatic N) is 1. The number of benzene rings is 1. The SMILES string of the molecule is CC1CC(O)(Cc2cc(F)ccc2Br)CCN1C. The Morgan fingerprint density at radius 2 is 2.28 bits per heavy atom. The molecule has 1 aromatic rings. The molecule has 0 spiro atoms. The van der Waals surface area contributed by atoms with Gasteiger partial charge in [0.05, 0.1) is 5.60 Å². The van der Waals surface area contributed by atoms with E-state index in [4.69, 9.17) is 0 Å². The van der Waals surface area contributed by atoms with Crippen molar-refractivity contribution in [3.63, 3.8) is 0 Å². The van der Waals surface area contributed by atoms with Gasteiger partial charge in [0.25, 0.3) is 0 Å². The predicted molar refractivity (Wildman–Crippen MR) is 74.1 cm³/mol. The van der Waals surface area contributed by atoms with Gasteiger partial charge >= 0.3 is 0 Å². The Morgan fingerprint density at radius 3 is 2.94 bits per heavy atom. The van der Waals surface area contributed by atoms with E-state index in [1.807, 2.05) is 0 Å². The maximum absolute atomic E-state index is 13.3. The molecule has 0 amide bonds. The van der Waals surface area contributed by atoms with Gasteiger partial charge in [-0.25, -0.2) is 4.39 Å². The highest BCUT2D eigenvalue weighted by molar-refractivity contribution is 9.10. The fourth-order valence-electron chi connectivity index (χ4n) is 2.61. The molecule has 1 heterocycles. The van der Waals surface area contributed by atoms with Crippen LogP contribution in [-0.4, -0.2) is 35.2 Å². The first-order valence-electron chi connectivity index (χ1n) is 6.26. The molecule has 2 rings (SSSR count). The van der Waals surface area contributed by atoms with Crippen molar-refractivity contribution in [2.24, 2.45) is 0 Å². The first-order valence-corrected chi connectivity index (χ1v) is 7.05. The number of aliphatic hydroxyl groups is 1. The molecular weight excluding hydrogens is 297 g/mol.